The van der Waals surface area contributed by atoms with Crippen molar-refractivity contribution in [2.75, 3.05) is 0 Å². The minimum atomic E-state index is -0.807. The molecular formula is C14H15NO. The third-order valence-corrected chi connectivity index (χ3v) is 2.98. The topological polar surface area (TPSA) is 43.1 Å². The maximum absolute atomic E-state index is 11.4. The fourth-order valence-electron chi connectivity index (χ4n) is 1.76. The van der Waals surface area contributed by atoms with Crippen LogP contribution < -0.4 is 5.73 Å². The Morgan fingerprint density at radius 1 is 1.31 bits per heavy atom. The zero-order valence-electron chi connectivity index (χ0n) is 9.31. The van der Waals surface area contributed by atoms with Crippen LogP contribution in [0, 0.1) is 0 Å². The molecule has 0 radical (unpaired) electrons. The van der Waals surface area contributed by atoms with E-state index in [1.54, 1.807) is 6.08 Å². The average Bonchev–Trinajstić information content (AvgIpc) is 2.31. The van der Waals surface area contributed by atoms with Gasteiger partial charge in [-0.15, -0.1) is 0 Å². The van der Waals surface area contributed by atoms with Crippen molar-refractivity contribution in [1.82, 2.24) is 0 Å². The molecule has 0 spiro atoms. The highest BCUT2D eigenvalue weighted by Crippen LogP contribution is 2.25. The number of hydrogen-bond acceptors (Lipinski definition) is 2. The van der Waals surface area contributed by atoms with E-state index in [4.69, 9.17) is 5.73 Å². The van der Waals surface area contributed by atoms with Gasteiger partial charge >= 0.3 is 0 Å². The van der Waals surface area contributed by atoms with Crippen LogP contribution in [0.5, 0.6) is 0 Å². The third-order valence-electron chi connectivity index (χ3n) is 2.98. The molecular weight excluding hydrogens is 198 g/mol. The van der Waals surface area contributed by atoms with E-state index in [1.165, 1.54) is 6.92 Å². The molecule has 1 unspecified atom stereocenters. The summed E-state index contributed by atoms with van der Waals surface area (Å²) in [6, 6.07) is 10.1. The Morgan fingerprint density at radius 2 is 2.00 bits per heavy atom. The summed E-state index contributed by atoms with van der Waals surface area (Å²) in [4.78, 5) is 11.4. The maximum Gasteiger partial charge on any atom is 0.153 e. The molecule has 1 aromatic rings. The first kappa shape index (κ1) is 10.8. The number of carbonyl (C=O) groups is 1. The summed E-state index contributed by atoms with van der Waals surface area (Å²) in [6.45, 7) is 1.53. The van der Waals surface area contributed by atoms with Crippen molar-refractivity contribution in [2.24, 2.45) is 5.73 Å². The van der Waals surface area contributed by atoms with Gasteiger partial charge in [-0.3, -0.25) is 4.79 Å². The second-order valence-corrected chi connectivity index (χ2v) is 4.16. The number of nitrogens with two attached hydrogens (primary N) is 1. The van der Waals surface area contributed by atoms with E-state index in [-0.39, 0.29) is 5.78 Å². The molecule has 2 N–H and O–H groups in total. The predicted octanol–water partition coefficient (Wildman–Crippen LogP) is 2.32. The first-order valence-electron chi connectivity index (χ1n) is 5.36. The maximum atomic E-state index is 11.4. The van der Waals surface area contributed by atoms with Gasteiger partial charge in [-0.25, -0.2) is 0 Å². The van der Waals surface area contributed by atoms with E-state index in [2.05, 4.69) is 0 Å². The summed E-state index contributed by atoms with van der Waals surface area (Å²) >= 11 is 0. The van der Waals surface area contributed by atoms with Crippen molar-refractivity contribution in [2.45, 2.75) is 18.9 Å². The monoisotopic (exact) mass is 213 g/mol. The Morgan fingerprint density at radius 3 is 2.50 bits per heavy atom. The molecule has 0 aromatic heterocycles. The van der Waals surface area contributed by atoms with Crippen molar-refractivity contribution in [3.8, 4) is 0 Å². The molecule has 2 rings (SSSR count). The first-order chi connectivity index (χ1) is 7.62. The minimum Gasteiger partial charge on any atom is -0.316 e. The quantitative estimate of drug-likeness (QED) is 0.819. The number of Topliss-reactive ketones (excluding diaryl/α,β-unsaturated/α-hetero) is 1. The summed E-state index contributed by atoms with van der Waals surface area (Å²) in [5, 5.41) is 0. The summed E-state index contributed by atoms with van der Waals surface area (Å²) in [6.07, 6.45) is 6.33. The molecule has 2 nitrogen and oxygen atoms in total. The highest BCUT2D eigenvalue weighted by Gasteiger charge is 2.28. The molecule has 16 heavy (non-hydrogen) atoms. The zero-order valence-corrected chi connectivity index (χ0v) is 9.31. The largest absolute Gasteiger partial charge is 0.316 e. The van der Waals surface area contributed by atoms with Crippen LogP contribution in [0.15, 0.2) is 48.6 Å². The molecule has 0 heterocycles. The summed E-state index contributed by atoms with van der Waals surface area (Å²) < 4.78 is 0. The van der Waals surface area contributed by atoms with Crippen LogP contribution in [-0.2, 0) is 4.79 Å². The van der Waals surface area contributed by atoms with E-state index < -0.39 is 5.54 Å². The van der Waals surface area contributed by atoms with Crippen LogP contribution in [0.3, 0.4) is 0 Å². The van der Waals surface area contributed by atoms with Gasteiger partial charge < -0.3 is 5.73 Å². The lowest BCUT2D eigenvalue weighted by Gasteiger charge is -2.24. The highest BCUT2D eigenvalue weighted by molar-refractivity contribution is 5.91. The van der Waals surface area contributed by atoms with Crippen LogP contribution in [0.1, 0.15) is 18.9 Å². The van der Waals surface area contributed by atoms with E-state index in [0.29, 0.717) is 6.42 Å². The van der Waals surface area contributed by atoms with E-state index in [0.717, 1.165) is 11.1 Å². The summed E-state index contributed by atoms with van der Waals surface area (Å²) in [5.41, 5.74) is 7.44. The lowest BCUT2D eigenvalue weighted by molar-refractivity contribution is -0.120. The van der Waals surface area contributed by atoms with Crippen LogP contribution in [-0.4, -0.2) is 11.3 Å². The standard InChI is InChI=1S/C14H15NO/c1-11(16)14(15)9-7-13(8-10-14)12-5-3-2-4-6-12/h2-9H,10,15H2,1H3. The van der Waals surface area contributed by atoms with Crippen LogP contribution in [0.4, 0.5) is 0 Å². The third kappa shape index (κ3) is 1.97. The van der Waals surface area contributed by atoms with Gasteiger partial charge in [0.25, 0.3) is 0 Å². The SMILES string of the molecule is CC(=O)C1(N)C=CC(c2ccccc2)=CC1. The Balaban J connectivity index is 2.23. The second-order valence-electron chi connectivity index (χ2n) is 4.16. The van der Waals surface area contributed by atoms with Crippen molar-refractivity contribution in [3.63, 3.8) is 0 Å². The fraction of sp³-hybridized carbons (Fsp3) is 0.214. The number of benzene rings is 1. The molecule has 82 valence electrons. The Kier molecular flexibility index (Phi) is 2.75. The van der Waals surface area contributed by atoms with Gasteiger partial charge in [-0.2, -0.15) is 0 Å². The van der Waals surface area contributed by atoms with Crippen molar-refractivity contribution in [1.29, 1.82) is 0 Å². The van der Waals surface area contributed by atoms with Gasteiger partial charge in [-0.1, -0.05) is 48.6 Å². The van der Waals surface area contributed by atoms with Gasteiger partial charge in [-0.05, 0) is 24.5 Å². The lowest BCUT2D eigenvalue weighted by Crippen LogP contribution is -2.45. The number of carbonyl (C=O) groups excluding carboxylic acids is 1. The normalized spacial score (nSPS) is 24.0. The van der Waals surface area contributed by atoms with Gasteiger partial charge in [0.2, 0.25) is 0 Å². The van der Waals surface area contributed by atoms with Gasteiger partial charge in [0.05, 0.1) is 5.54 Å². The van der Waals surface area contributed by atoms with Gasteiger partial charge in [0.15, 0.2) is 5.78 Å². The molecule has 0 aliphatic heterocycles. The molecule has 0 saturated heterocycles. The molecule has 0 amide bonds. The lowest BCUT2D eigenvalue weighted by atomic mass is 9.85. The Labute approximate surface area is 95.5 Å². The predicted molar refractivity (Wildman–Crippen MR) is 65.8 cm³/mol. The minimum absolute atomic E-state index is 0.00658. The zero-order chi connectivity index (χ0) is 11.6. The Hall–Kier alpha value is -1.67. The van der Waals surface area contributed by atoms with Crippen LogP contribution in [0.2, 0.25) is 0 Å². The molecule has 1 aliphatic rings. The molecule has 0 fully saturated rings. The molecule has 0 saturated carbocycles. The molecule has 1 aromatic carbocycles. The van der Waals surface area contributed by atoms with Crippen molar-refractivity contribution in [3.05, 3.63) is 54.1 Å². The number of allylic oxidation sites excluding steroid dienone is 2. The highest BCUT2D eigenvalue weighted by atomic mass is 16.1. The number of hydrogen-bond donors (Lipinski definition) is 1. The van der Waals surface area contributed by atoms with E-state index >= 15 is 0 Å². The van der Waals surface area contributed by atoms with Crippen molar-refractivity contribution >= 4 is 11.4 Å². The smallest absolute Gasteiger partial charge is 0.153 e. The van der Waals surface area contributed by atoms with Gasteiger partial charge in [0.1, 0.15) is 0 Å². The molecule has 1 aliphatic carbocycles. The van der Waals surface area contributed by atoms with Gasteiger partial charge in [0, 0.05) is 0 Å². The molecule has 2 heteroatoms. The first-order valence-corrected chi connectivity index (χ1v) is 5.36. The van der Waals surface area contributed by atoms with Crippen molar-refractivity contribution < 1.29 is 4.79 Å². The average molecular weight is 213 g/mol. The number of ketones is 1. The molecule has 1 atom stereocenters. The van der Waals surface area contributed by atoms with E-state index in [1.807, 2.05) is 42.5 Å². The molecule has 0 bridgehead atoms. The fourth-order valence-corrected chi connectivity index (χ4v) is 1.76. The van der Waals surface area contributed by atoms with Crippen LogP contribution in [0.25, 0.3) is 5.57 Å². The Bertz CT molecular complexity index is 459. The summed E-state index contributed by atoms with van der Waals surface area (Å²) in [7, 11) is 0. The van der Waals surface area contributed by atoms with Crippen LogP contribution >= 0.6 is 0 Å². The van der Waals surface area contributed by atoms with E-state index in [9.17, 15) is 4.79 Å². The second kappa shape index (κ2) is 4.06. The number of rotatable bonds is 2. The summed E-state index contributed by atoms with van der Waals surface area (Å²) in [5.74, 6) is 0.00658.